The quantitative estimate of drug-likeness (QED) is 0.813. The van der Waals surface area contributed by atoms with Crippen molar-refractivity contribution in [2.75, 3.05) is 0 Å². The highest BCUT2D eigenvalue weighted by Crippen LogP contribution is 2.47. The highest BCUT2D eigenvalue weighted by Gasteiger charge is 2.43. The summed E-state index contributed by atoms with van der Waals surface area (Å²) in [6.07, 6.45) is 5.17. The lowest BCUT2D eigenvalue weighted by Gasteiger charge is -2.39. The summed E-state index contributed by atoms with van der Waals surface area (Å²) in [5.74, 6) is 0.914. The predicted molar refractivity (Wildman–Crippen MR) is 78.9 cm³/mol. The van der Waals surface area contributed by atoms with E-state index in [1.807, 2.05) is 23.7 Å². The van der Waals surface area contributed by atoms with Crippen LogP contribution in [-0.2, 0) is 12.5 Å². The molecule has 0 spiro atoms. The third-order valence-corrected chi connectivity index (χ3v) is 4.21. The summed E-state index contributed by atoms with van der Waals surface area (Å²) in [5.41, 5.74) is 2.07. The highest BCUT2D eigenvalue weighted by molar-refractivity contribution is 9.10. The third-order valence-electron chi connectivity index (χ3n) is 3.71. The molecule has 1 aliphatic carbocycles. The fraction of sp³-hybridized carbons (Fsp3) is 0.267. The average Bonchev–Trinajstić information content (AvgIpc) is 2.80. The Morgan fingerprint density at radius 3 is 2.90 bits per heavy atom. The van der Waals surface area contributed by atoms with Crippen LogP contribution in [0.1, 0.15) is 24.2 Å². The van der Waals surface area contributed by atoms with Gasteiger partial charge in [-0.15, -0.1) is 10.2 Å². The van der Waals surface area contributed by atoms with Crippen molar-refractivity contribution in [3.8, 4) is 6.07 Å². The van der Waals surface area contributed by atoms with Gasteiger partial charge in [0.1, 0.15) is 12.2 Å². The summed E-state index contributed by atoms with van der Waals surface area (Å²) >= 11 is 3.52. The summed E-state index contributed by atoms with van der Waals surface area (Å²) in [7, 11) is 1.95. The van der Waals surface area contributed by atoms with E-state index in [1.54, 1.807) is 6.33 Å². The van der Waals surface area contributed by atoms with Gasteiger partial charge in [-0.2, -0.15) is 5.26 Å². The van der Waals surface area contributed by atoms with Gasteiger partial charge in [0.2, 0.25) is 0 Å². The fourth-order valence-corrected chi connectivity index (χ4v) is 3.20. The van der Waals surface area contributed by atoms with Crippen LogP contribution in [0.4, 0.5) is 0 Å². The van der Waals surface area contributed by atoms with Gasteiger partial charge in [-0.05, 0) is 24.1 Å². The summed E-state index contributed by atoms with van der Waals surface area (Å²) in [6, 6.07) is 10.4. The molecular weight excluding hydrogens is 316 g/mol. The molecule has 2 aromatic rings. The SMILES string of the molecule is Cn1cnnc1C1(c2cccc(Br)c2)C=C(CC#N)C1. The Kier molecular flexibility index (Phi) is 3.19. The normalized spacial score (nSPS) is 20.9. The van der Waals surface area contributed by atoms with E-state index >= 15 is 0 Å². The molecule has 0 radical (unpaired) electrons. The zero-order chi connectivity index (χ0) is 14.2. The first-order chi connectivity index (χ1) is 9.65. The standard InChI is InChI=1S/C15H13BrN4/c1-20-10-18-19-14(20)15(8-11(9-15)5-6-17)12-3-2-4-13(16)7-12/h2-4,7-8,10H,5,9H2,1H3. The fourth-order valence-electron chi connectivity index (χ4n) is 2.80. The molecule has 3 rings (SSSR count). The second-order valence-corrected chi connectivity index (χ2v) is 5.98. The van der Waals surface area contributed by atoms with Gasteiger partial charge >= 0.3 is 0 Å². The van der Waals surface area contributed by atoms with Crippen LogP contribution >= 0.6 is 15.9 Å². The first kappa shape index (κ1) is 13.1. The van der Waals surface area contributed by atoms with Crippen LogP contribution < -0.4 is 0 Å². The highest BCUT2D eigenvalue weighted by atomic mass is 79.9. The zero-order valence-electron chi connectivity index (χ0n) is 11.0. The van der Waals surface area contributed by atoms with Crippen LogP contribution in [-0.4, -0.2) is 14.8 Å². The van der Waals surface area contributed by atoms with E-state index in [9.17, 15) is 0 Å². The van der Waals surface area contributed by atoms with Crippen molar-refractivity contribution in [3.05, 3.63) is 58.1 Å². The van der Waals surface area contributed by atoms with Gasteiger partial charge in [-0.25, -0.2) is 0 Å². The van der Waals surface area contributed by atoms with Gasteiger partial charge < -0.3 is 4.57 Å². The molecule has 1 aromatic carbocycles. The molecule has 20 heavy (non-hydrogen) atoms. The second kappa shape index (κ2) is 4.88. The molecule has 5 heteroatoms. The summed E-state index contributed by atoms with van der Waals surface area (Å²) in [5, 5.41) is 17.1. The van der Waals surface area contributed by atoms with Crippen molar-refractivity contribution in [1.82, 2.24) is 14.8 Å². The van der Waals surface area contributed by atoms with E-state index < -0.39 is 0 Å². The maximum Gasteiger partial charge on any atom is 0.147 e. The molecule has 0 amide bonds. The Balaban J connectivity index is 2.12. The van der Waals surface area contributed by atoms with Crippen molar-refractivity contribution in [2.45, 2.75) is 18.3 Å². The van der Waals surface area contributed by atoms with Crippen molar-refractivity contribution < 1.29 is 0 Å². The molecular formula is C15H13BrN4. The van der Waals surface area contributed by atoms with Crippen LogP contribution in [0.25, 0.3) is 0 Å². The lowest BCUT2D eigenvalue weighted by Crippen LogP contribution is -2.36. The molecule has 1 heterocycles. The Bertz CT molecular complexity index is 725. The number of aryl methyl sites for hydroxylation is 1. The number of halogens is 1. The van der Waals surface area contributed by atoms with E-state index in [2.05, 4.69) is 50.4 Å². The average molecular weight is 329 g/mol. The second-order valence-electron chi connectivity index (χ2n) is 5.06. The molecule has 1 aliphatic rings. The third kappa shape index (κ3) is 1.97. The molecule has 100 valence electrons. The van der Waals surface area contributed by atoms with Crippen molar-refractivity contribution in [2.24, 2.45) is 7.05 Å². The van der Waals surface area contributed by atoms with E-state index in [0.717, 1.165) is 22.3 Å². The topological polar surface area (TPSA) is 54.5 Å². The number of nitriles is 1. The number of benzene rings is 1. The van der Waals surface area contributed by atoms with Crippen LogP contribution in [0.2, 0.25) is 0 Å². The van der Waals surface area contributed by atoms with Gasteiger partial charge in [-0.3, -0.25) is 0 Å². The number of nitrogens with zero attached hydrogens (tertiary/aromatic N) is 4. The summed E-state index contributed by atoms with van der Waals surface area (Å²) in [6.45, 7) is 0. The molecule has 0 aliphatic heterocycles. The molecule has 1 aromatic heterocycles. The molecule has 4 nitrogen and oxygen atoms in total. The number of hydrogen-bond acceptors (Lipinski definition) is 3. The Hall–Kier alpha value is -1.93. The van der Waals surface area contributed by atoms with Gasteiger partial charge in [0.15, 0.2) is 0 Å². The minimum atomic E-state index is -0.263. The first-order valence-corrected chi connectivity index (χ1v) is 7.13. The van der Waals surface area contributed by atoms with Crippen molar-refractivity contribution in [3.63, 3.8) is 0 Å². The summed E-state index contributed by atoms with van der Waals surface area (Å²) < 4.78 is 2.99. The van der Waals surface area contributed by atoms with Crippen LogP contribution in [0.3, 0.4) is 0 Å². The van der Waals surface area contributed by atoms with E-state index in [0.29, 0.717) is 6.42 Å². The number of rotatable bonds is 3. The van der Waals surface area contributed by atoms with E-state index in [1.165, 1.54) is 5.56 Å². The Morgan fingerprint density at radius 1 is 1.50 bits per heavy atom. The predicted octanol–water partition coefficient (Wildman–Crippen LogP) is 3.11. The van der Waals surface area contributed by atoms with Crippen LogP contribution in [0.15, 0.2) is 46.7 Å². The number of hydrogen-bond donors (Lipinski definition) is 0. The monoisotopic (exact) mass is 328 g/mol. The molecule has 0 saturated heterocycles. The molecule has 1 atom stereocenters. The maximum absolute atomic E-state index is 8.84. The minimum Gasteiger partial charge on any atom is -0.320 e. The Morgan fingerprint density at radius 2 is 2.30 bits per heavy atom. The molecule has 0 fully saturated rings. The lowest BCUT2D eigenvalue weighted by atomic mass is 9.65. The first-order valence-electron chi connectivity index (χ1n) is 6.34. The summed E-state index contributed by atoms with van der Waals surface area (Å²) in [4.78, 5) is 0. The van der Waals surface area contributed by atoms with E-state index in [-0.39, 0.29) is 5.41 Å². The minimum absolute atomic E-state index is 0.263. The van der Waals surface area contributed by atoms with Gasteiger partial charge in [0.05, 0.1) is 17.9 Å². The van der Waals surface area contributed by atoms with Crippen molar-refractivity contribution in [1.29, 1.82) is 5.26 Å². The number of allylic oxidation sites excluding steroid dienone is 2. The van der Waals surface area contributed by atoms with Crippen LogP contribution in [0, 0.1) is 11.3 Å². The Labute approximate surface area is 125 Å². The maximum atomic E-state index is 8.84. The largest absolute Gasteiger partial charge is 0.320 e. The lowest BCUT2D eigenvalue weighted by molar-refractivity contribution is 0.502. The number of aromatic nitrogens is 3. The molecule has 0 bridgehead atoms. The van der Waals surface area contributed by atoms with Gasteiger partial charge in [0.25, 0.3) is 0 Å². The zero-order valence-corrected chi connectivity index (χ0v) is 12.6. The smallest absolute Gasteiger partial charge is 0.147 e. The van der Waals surface area contributed by atoms with Crippen LogP contribution in [0.5, 0.6) is 0 Å². The van der Waals surface area contributed by atoms with Gasteiger partial charge in [-0.1, -0.05) is 39.7 Å². The molecule has 0 N–H and O–H groups in total. The van der Waals surface area contributed by atoms with Gasteiger partial charge in [0, 0.05) is 11.5 Å². The van der Waals surface area contributed by atoms with Crippen molar-refractivity contribution >= 4 is 15.9 Å². The molecule has 1 unspecified atom stereocenters. The molecule has 0 saturated carbocycles. The van der Waals surface area contributed by atoms with E-state index in [4.69, 9.17) is 5.26 Å².